The van der Waals surface area contributed by atoms with Crippen LogP contribution in [-0.2, 0) is 0 Å². The Morgan fingerprint density at radius 3 is 1.76 bits per heavy atom. The smallest absolute Gasteiger partial charge is 0.134 e. The summed E-state index contributed by atoms with van der Waals surface area (Å²) in [6.45, 7) is 8.11. The molecule has 34 heavy (non-hydrogen) atoms. The summed E-state index contributed by atoms with van der Waals surface area (Å²) in [6, 6.07) is 16.6. The lowest BCUT2D eigenvalue weighted by atomic mass is 9.88. The maximum atomic E-state index is 5.94. The van der Waals surface area contributed by atoms with E-state index >= 15 is 0 Å². The molecule has 0 saturated carbocycles. The number of hydrogen-bond acceptors (Lipinski definition) is 4. The topological polar surface area (TPSA) is 44.2 Å². The lowest BCUT2D eigenvalue weighted by Crippen LogP contribution is -2.00. The Bertz CT molecular complexity index is 1970. The molecule has 2 aromatic heterocycles. The summed E-state index contributed by atoms with van der Waals surface area (Å²) >= 11 is 0. The lowest BCUT2D eigenvalue weighted by Gasteiger charge is -2.21. The third kappa shape index (κ3) is 2.09. The number of hydrogen-bond donors (Lipinski definition) is 0. The molecule has 0 N–H and O–H groups in total. The highest BCUT2D eigenvalue weighted by molar-refractivity contribution is 6.38. The van der Waals surface area contributed by atoms with Gasteiger partial charge in [-0.1, -0.05) is 49.6 Å². The zero-order valence-corrected chi connectivity index (χ0v) is 18.9. The van der Waals surface area contributed by atoms with Gasteiger partial charge >= 0.3 is 0 Å². The Kier molecular flexibility index (Phi) is 3.67. The van der Waals surface area contributed by atoms with Crippen molar-refractivity contribution in [1.82, 2.24) is 9.97 Å². The second-order valence-corrected chi connectivity index (χ2v) is 8.53. The van der Waals surface area contributed by atoms with E-state index in [9.17, 15) is 0 Å². The van der Waals surface area contributed by atoms with Gasteiger partial charge in [-0.05, 0) is 24.3 Å². The molecule has 0 saturated heterocycles. The molecule has 7 aromatic rings. The molecule has 0 aliphatic heterocycles. The average Bonchev–Trinajstić information content (AvgIpc) is 2.89. The minimum absolute atomic E-state index is 0.777. The van der Waals surface area contributed by atoms with Crippen molar-refractivity contribution in [2.24, 2.45) is 0 Å². The van der Waals surface area contributed by atoms with Crippen LogP contribution in [0.1, 0.15) is 11.1 Å². The van der Waals surface area contributed by atoms with Crippen LogP contribution < -0.4 is 9.47 Å². The molecule has 0 aliphatic rings. The highest BCUT2D eigenvalue weighted by atomic mass is 16.5. The van der Waals surface area contributed by atoms with E-state index in [0.717, 1.165) is 87.8 Å². The maximum absolute atomic E-state index is 5.94. The summed E-state index contributed by atoms with van der Waals surface area (Å²) in [7, 11) is 3.42. The van der Waals surface area contributed by atoms with Gasteiger partial charge in [0, 0.05) is 54.2 Å². The fraction of sp³-hybridized carbons (Fsp3) is 0.0667. The van der Waals surface area contributed by atoms with E-state index in [0.29, 0.717) is 0 Å². The molecule has 0 unspecified atom stereocenters. The van der Waals surface area contributed by atoms with E-state index in [1.54, 1.807) is 14.2 Å². The summed E-state index contributed by atoms with van der Waals surface area (Å²) in [5, 5.41) is 8.47. The first-order valence-electron chi connectivity index (χ1n) is 11.2. The molecule has 7 rings (SSSR count). The summed E-state index contributed by atoms with van der Waals surface area (Å²) < 4.78 is 11.8. The Balaban J connectivity index is 1.87. The van der Waals surface area contributed by atoms with Gasteiger partial charge in [0.05, 0.1) is 36.3 Å². The van der Waals surface area contributed by atoms with Crippen molar-refractivity contribution in [3.8, 4) is 11.5 Å². The summed E-state index contributed by atoms with van der Waals surface area (Å²) in [6.07, 6.45) is 3.65. The zero-order chi connectivity index (χ0) is 23.1. The van der Waals surface area contributed by atoms with Gasteiger partial charge in [-0.3, -0.25) is 0 Å². The predicted molar refractivity (Wildman–Crippen MR) is 143 cm³/mol. The van der Waals surface area contributed by atoms with Crippen LogP contribution in [0.15, 0.2) is 61.7 Å². The highest BCUT2D eigenvalue weighted by Gasteiger charge is 2.25. The molecular weight excluding hydrogens is 420 g/mol. The normalized spacial score (nSPS) is 12.1. The standard InChI is InChI=1S/C30H20N2O2/c1-5-15-16(6-2)29(33-3)19-11-13-22-25-23(19)27(15)31-21-14-12-20-24(26(21)25)28(32-22)17-9-7-8-10-18(17)30(20)34-4/h5-14H,1-2H2,3-4H3. The molecule has 0 aliphatic carbocycles. The van der Waals surface area contributed by atoms with Gasteiger partial charge in [-0.25, -0.2) is 9.97 Å². The molecule has 0 bridgehead atoms. The van der Waals surface area contributed by atoms with Crippen molar-refractivity contribution < 1.29 is 9.47 Å². The third-order valence-corrected chi connectivity index (χ3v) is 7.08. The number of methoxy groups -OCH3 is 2. The quantitative estimate of drug-likeness (QED) is 0.209. The number of ether oxygens (including phenoxy) is 2. The van der Waals surface area contributed by atoms with Crippen molar-refractivity contribution in [3.05, 3.63) is 72.8 Å². The van der Waals surface area contributed by atoms with Crippen molar-refractivity contribution in [2.45, 2.75) is 0 Å². The first kappa shape index (κ1) is 19.1. The van der Waals surface area contributed by atoms with E-state index in [1.807, 2.05) is 24.3 Å². The Morgan fingerprint density at radius 2 is 1.15 bits per heavy atom. The fourth-order valence-electron chi connectivity index (χ4n) is 5.77. The molecule has 162 valence electrons. The van der Waals surface area contributed by atoms with Crippen molar-refractivity contribution in [2.75, 3.05) is 14.2 Å². The molecule has 0 radical (unpaired) electrons. The average molecular weight is 441 g/mol. The maximum Gasteiger partial charge on any atom is 0.134 e. The summed E-state index contributed by atoms with van der Waals surface area (Å²) in [4.78, 5) is 10.4. The van der Waals surface area contributed by atoms with Gasteiger partial charge in [-0.2, -0.15) is 0 Å². The molecule has 2 heterocycles. The van der Waals surface area contributed by atoms with E-state index in [1.165, 1.54) is 0 Å². The largest absolute Gasteiger partial charge is 0.495 e. The van der Waals surface area contributed by atoms with E-state index in [4.69, 9.17) is 19.4 Å². The van der Waals surface area contributed by atoms with Gasteiger partial charge in [-0.15, -0.1) is 0 Å². The number of pyridine rings is 2. The van der Waals surface area contributed by atoms with Crippen LogP contribution >= 0.6 is 0 Å². The number of fused-ring (bicyclic) bond motifs is 2. The second kappa shape index (κ2) is 6.55. The van der Waals surface area contributed by atoms with E-state index in [-0.39, 0.29) is 0 Å². The second-order valence-electron chi connectivity index (χ2n) is 8.53. The molecule has 0 spiro atoms. The van der Waals surface area contributed by atoms with Crippen LogP contribution in [0.5, 0.6) is 11.5 Å². The first-order valence-corrected chi connectivity index (χ1v) is 11.2. The first-order chi connectivity index (χ1) is 16.7. The molecule has 0 atom stereocenters. The van der Waals surface area contributed by atoms with Crippen LogP contribution in [0.4, 0.5) is 0 Å². The number of benzene rings is 5. The monoisotopic (exact) mass is 440 g/mol. The highest BCUT2D eigenvalue weighted by Crippen LogP contribution is 2.49. The van der Waals surface area contributed by atoms with Gasteiger partial charge in [0.25, 0.3) is 0 Å². The van der Waals surface area contributed by atoms with Crippen LogP contribution in [0.3, 0.4) is 0 Å². The minimum atomic E-state index is 0.777. The lowest BCUT2D eigenvalue weighted by molar-refractivity contribution is 0.419. The molecule has 4 nitrogen and oxygen atoms in total. The van der Waals surface area contributed by atoms with Gasteiger partial charge in [0.15, 0.2) is 0 Å². The molecular formula is C30H20N2O2. The van der Waals surface area contributed by atoms with Crippen LogP contribution in [-0.4, -0.2) is 24.2 Å². The Morgan fingerprint density at radius 1 is 0.588 bits per heavy atom. The fourth-order valence-corrected chi connectivity index (χ4v) is 5.77. The summed E-state index contributed by atoms with van der Waals surface area (Å²) in [5.41, 5.74) is 5.52. The van der Waals surface area contributed by atoms with E-state index in [2.05, 4.69) is 49.6 Å². The van der Waals surface area contributed by atoms with Crippen LogP contribution in [0.25, 0.3) is 77.3 Å². The van der Waals surface area contributed by atoms with Gasteiger partial charge < -0.3 is 9.47 Å². The Hall–Kier alpha value is -4.44. The summed E-state index contributed by atoms with van der Waals surface area (Å²) in [5.74, 6) is 1.64. The van der Waals surface area contributed by atoms with E-state index < -0.39 is 0 Å². The zero-order valence-electron chi connectivity index (χ0n) is 18.9. The van der Waals surface area contributed by atoms with Crippen LogP contribution in [0, 0.1) is 0 Å². The number of nitrogens with zero attached hydrogens (tertiary/aromatic N) is 2. The predicted octanol–water partition coefficient (Wildman–Crippen LogP) is 7.57. The SMILES string of the molecule is C=Cc1c(OC)c2ccc3nc4c5ccccc5c(OC)c5ccc6nc(c1C=C)c2c3c6c54. The molecule has 4 heteroatoms. The molecule has 0 amide bonds. The molecule has 5 aromatic carbocycles. The van der Waals surface area contributed by atoms with Gasteiger partial charge in [0.1, 0.15) is 11.5 Å². The number of aromatic nitrogens is 2. The Labute approximate surface area is 195 Å². The van der Waals surface area contributed by atoms with Crippen molar-refractivity contribution in [1.29, 1.82) is 0 Å². The number of rotatable bonds is 4. The van der Waals surface area contributed by atoms with Crippen molar-refractivity contribution >= 4 is 77.3 Å². The molecule has 0 fully saturated rings. The van der Waals surface area contributed by atoms with Gasteiger partial charge in [0.2, 0.25) is 0 Å². The van der Waals surface area contributed by atoms with Crippen molar-refractivity contribution in [3.63, 3.8) is 0 Å². The van der Waals surface area contributed by atoms with Crippen LogP contribution in [0.2, 0.25) is 0 Å². The third-order valence-electron chi connectivity index (χ3n) is 7.08. The minimum Gasteiger partial charge on any atom is -0.495 e.